The number of alkyl carbamates (subject to hydrolysis) is 1. The summed E-state index contributed by atoms with van der Waals surface area (Å²) in [6, 6.07) is 6.79. The first-order chi connectivity index (χ1) is 18.7. The zero-order valence-electron chi connectivity index (χ0n) is 23.2. The van der Waals surface area contributed by atoms with Crippen molar-refractivity contribution >= 4 is 29.8 Å². The highest BCUT2D eigenvalue weighted by Gasteiger charge is 2.26. The normalized spacial score (nSPS) is 16.6. The quantitative estimate of drug-likeness (QED) is 0.267. The molecular formula is C27H43ClN4O7. The van der Waals surface area contributed by atoms with E-state index < -0.39 is 12.2 Å². The third-order valence-electron chi connectivity index (χ3n) is 6.56. The molecule has 4 amide bonds. The summed E-state index contributed by atoms with van der Waals surface area (Å²) in [5.74, 6) is 0.269. The highest BCUT2D eigenvalue weighted by Crippen LogP contribution is 2.25. The Morgan fingerprint density at radius 3 is 2.72 bits per heavy atom. The number of hydrogen-bond acceptors (Lipinski definition) is 6. The Kier molecular flexibility index (Phi) is 14.8. The zero-order valence-corrected chi connectivity index (χ0v) is 24.0. The zero-order chi connectivity index (χ0) is 28.6. The number of urea groups is 1. The molecule has 0 saturated carbocycles. The van der Waals surface area contributed by atoms with Crippen LogP contribution in [-0.2, 0) is 14.2 Å². The highest BCUT2D eigenvalue weighted by atomic mass is 35.5. The van der Waals surface area contributed by atoms with E-state index in [9.17, 15) is 19.5 Å². The topological polar surface area (TPSA) is 130 Å². The van der Waals surface area contributed by atoms with Crippen LogP contribution in [0.2, 0.25) is 5.02 Å². The van der Waals surface area contributed by atoms with Crippen molar-refractivity contribution in [1.29, 1.82) is 0 Å². The van der Waals surface area contributed by atoms with Gasteiger partial charge in [0.2, 0.25) is 0 Å². The Balaban J connectivity index is 2.06. The van der Waals surface area contributed by atoms with Gasteiger partial charge >= 0.3 is 18.2 Å². The lowest BCUT2D eigenvalue weighted by Crippen LogP contribution is -2.50. The first kappa shape index (κ1) is 32.5. The molecule has 3 N–H and O–H groups in total. The number of carbonyl (C=O) groups excluding carboxylic acids is 2. The number of methoxy groups -OCH3 is 1. The molecule has 1 aliphatic heterocycles. The van der Waals surface area contributed by atoms with Gasteiger partial charge in [-0.15, -0.1) is 0 Å². The lowest BCUT2D eigenvalue weighted by atomic mass is 9.94. The van der Waals surface area contributed by atoms with Gasteiger partial charge in [-0.1, -0.05) is 30.7 Å². The molecule has 0 aromatic heterocycles. The van der Waals surface area contributed by atoms with E-state index in [1.54, 1.807) is 11.0 Å². The Labute approximate surface area is 236 Å². The molecule has 0 aliphatic carbocycles. The maximum absolute atomic E-state index is 13.4. The van der Waals surface area contributed by atoms with Gasteiger partial charge < -0.3 is 39.8 Å². The lowest BCUT2D eigenvalue weighted by molar-refractivity contribution is 0.0413. The van der Waals surface area contributed by atoms with Crippen molar-refractivity contribution in [3.8, 4) is 0 Å². The summed E-state index contributed by atoms with van der Waals surface area (Å²) in [6.07, 6.45) is 1.92. The summed E-state index contributed by atoms with van der Waals surface area (Å²) in [4.78, 5) is 39.2. The molecule has 11 nitrogen and oxygen atoms in total. The number of halogens is 1. The van der Waals surface area contributed by atoms with Gasteiger partial charge in [0.1, 0.15) is 0 Å². The van der Waals surface area contributed by atoms with E-state index in [2.05, 4.69) is 15.4 Å². The third kappa shape index (κ3) is 12.3. The summed E-state index contributed by atoms with van der Waals surface area (Å²) in [7, 11) is 2.80. The van der Waals surface area contributed by atoms with Gasteiger partial charge in [0.25, 0.3) is 0 Å². The first-order valence-electron chi connectivity index (χ1n) is 13.5. The Morgan fingerprint density at radius 2 is 2.08 bits per heavy atom. The van der Waals surface area contributed by atoms with Crippen LogP contribution in [0, 0.1) is 5.92 Å². The molecule has 1 aliphatic rings. The largest absolute Gasteiger partial charge is 0.465 e. The van der Waals surface area contributed by atoms with Crippen molar-refractivity contribution in [1.82, 2.24) is 20.4 Å². The molecule has 0 radical (unpaired) electrons. The molecule has 39 heavy (non-hydrogen) atoms. The smallest absolute Gasteiger partial charge is 0.407 e. The molecule has 12 heteroatoms. The number of nitrogens with one attached hydrogen (secondary N) is 2. The van der Waals surface area contributed by atoms with E-state index in [-0.39, 0.29) is 43.8 Å². The predicted molar refractivity (Wildman–Crippen MR) is 148 cm³/mol. The SMILES string of the molecule is CCCN(CC[C@H](OCCNC(=O)OC)c1cccc(Cl)c1)C(=O)NC(C[C@H]1CCCOC1)CN(C)C(=O)O. The summed E-state index contributed by atoms with van der Waals surface area (Å²) in [6.45, 7) is 5.01. The monoisotopic (exact) mass is 570 g/mol. The van der Waals surface area contributed by atoms with Crippen LogP contribution in [0.25, 0.3) is 0 Å². The van der Waals surface area contributed by atoms with Gasteiger partial charge in [0.05, 0.1) is 19.8 Å². The van der Waals surface area contributed by atoms with E-state index in [0.717, 1.165) is 31.4 Å². The van der Waals surface area contributed by atoms with Crippen molar-refractivity contribution < 1.29 is 33.7 Å². The summed E-state index contributed by atoms with van der Waals surface area (Å²) in [5.41, 5.74) is 0.871. The number of likely N-dealkylation sites (N-methyl/N-ethyl adjacent to an activating group) is 1. The van der Waals surface area contributed by atoms with Gasteiger partial charge in [-0.3, -0.25) is 0 Å². The number of nitrogens with zero attached hydrogens (tertiary/aromatic N) is 2. The highest BCUT2D eigenvalue weighted by molar-refractivity contribution is 6.30. The first-order valence-corrected chi connectivity index (χ1v) is 13.9. The van der Waals surface area contributed by atoms with Crippen molar-refractivity contribution in [3.63, 3.8) is 0 Å². The molecule has 1 aromatic carbocycles. The van der Waals surface area contributed by atoms with E-state index in [4.69, 9.17) is 21.1 Å². The average Bonchev–Trinajstić information content (AvgIpc) is 2.92. The molecule has 0 bridgehead atoms. The average molecular weight is 571 g/mol. The number of hydrogen-bond donors (Lipinski definition) is 3. The summed E-state index contributed by atoms with van der Waals surface area (Å²) >= 11 is 6.22. The Hall–Kier alpha value is -2.76. The van der Waals surface area contributed by atoms with Crippen LogP contribution in [0.5, 0.6) is 0 Å². The van der Waals surface area contributed by atoms with Crippen LogP contribution >= 0.6 is 11.6 Å². The minimum absolute atomic E-state index is 0.193. The maximum atomic E-state index is 13.4. The number of carbonyl (C=O) groups is 3. The number of carboxylic acid groups (broad SMARTS) is 1. The molecule has 2 rings (SSSR count). The molecule has 3 atom stereocenters. The summed E-state index contributed by atoms with van der Waals surface area (Å²) < 4.78 is 16.3. The molecule has 1 heterocycles. The van der Waals surface area contributed by atoms with Crippen LogP contribution in [0.15, 0.2) is 24.3 Å². The fraction of sp³-hybridized carbons (Fsp3) is 0.667. The number of ether oxygens (including phenoxy) is 3. The fourth-order valence-electron chi connectivity index (χ4n) is 4.59. The number of benzene rings is 1. The number of rotatable bonds is 15. The minimum atomic E-state index is -1.04. The van der Waals surface area contributed by atoms with Gasteiger partial charge in [-0.25, -0.2) is 14.4 Å². The molecule has 1 unspecified atom stereocenters. The van der Waals surface area contributed by atoms with Gasteiger partial charge in [-0.05, 0) is 55.7 Å². The van der Waals surface area contributed by atoms with Crippen molar-refractivity contribution in [3.05, 3.63) is 34.9 Å². The van der Waals surface area contributed by atoms with Crippen molar-refractivity contribution in [2.75, 3.05) is 60.2 Å². The minimum Gasteiger partial charge on any atom is -0.465 e. The van der Waals surface area contributed by atoms with E-state index in [0.29, 0.717) is 37.6 Å². The van der Waals surface area contributed by atoms with Crippen LogP contribution in [-0.4, -0.2) is 99.3 Å². The van der Waals surface area contributed by atoms with Crippen LogP contribution in [0.1, 0.15) is 50.7 Å². The molecule has 1 saturated heterocycles. The van der Waals surface area contributed by atoms with Gasteiger partial charge in [-0.2, -0.15) is 0 Å². The summed E-state index contributed by atoms with van der Waals surface area (Å²) in [5, 5.41) is 15.6. The van der Waals surface area contributed by atoms with Crippen molar-refractivity contribution in [2.24, 2.45) is 5.92 Å². The van der Waals surface area contributed by atoms with Crippen molar-refractivity contribution in [2.45, 2.75) is 51.2 Å². The third-order valence-corrected chi connectivity index (χ3v) is 6.79. The van der Waals surface area contributed by atoms with E-state index in [1.165, 1.54) is 19.1 Å². The number of amides is 4. The second kappa shape index (κ2) is 17.8. The lowest BCUT2D eigenvalue weighted by Gasteiger charge is -2.32. The standard InChI is InChI=1S/C27H43ClN4O7/c1-4-12-32(25(33)30-23(18-31(2)27(35)36)16-20-7-6-14-38-19-20)13-10-24(21-8-5-9-22(28)17-21)39-15-11-29-26(34)37-3/h5,8-9,17,20,23-24H,4,6-7,10-16,18-19H2,1-3H3,(H,29,34)(H,30,33)(H,35,36)/t20-,23?,24+/m1/s1. The molecule has 0 spiro atoms. The Morgan fingerprint density at radius 1 is 1.28 bits per heavy atom. The molecule has 1 fully saturated rings. The van der Waals surface area contributed by atoms with Crippen LogP contribution in [0.3, 0.4) is 0 Å². The van der Waals surface area contributed by atoms with E-state index >= 15 is 0 Å². The second-order valence-corrected chi connectivity index (χ2v) is 10.2. The van der Waals surface area contributed by atoms with E-state index in [1.807, 2.05) is 25.1 Å². The molecule has 1 aromatic rings. The van der Waals surface area contributed by atoms with Crippen LogP contribution in [0.4, 0.5) is 14.4 Å². The maximum Gasteiger partial charge on any atom is 0.407 e. The fourth-order valence-corrected chi connectivity index (χ4v) is 4.79. The second-order valence-electron chi connectivity index (χ2n) is 9.74. The van der Waals surface area contributed by atoms with Gasteiger partial charge in [0, 0.05) is 57.5 Å². The molecular weight excluding hydrogens is 528 g/mol. The predicted octanol–water partition coefficient (Wildman–Crippen LogP) is 4.36. The van der Waals surface area contributed by atoms with Gasteiger partial charge in [0.15, 0.2) is 0 Å². The van der Waals surface area contributed by atoms with Crippen LogP contribution < -0.4 is 10.6 Å². The Bertz CT molecular complexity index is 901. The molecule has 220 valence electrons.